The molecule has 0 rings (SSSR count). The van der Waals surface area contributed by atoms with E-state index in [4.69, 9.17) is 7.85 Å². The molecule has 13 heavy (non-hydrogen) atoms. The van der Waals surface area contributed by atoms with E-state index in [-0.39, 0.29) is 5.31 Å². The molecule has 1 unspecified atom stereocenters. The van der Waals surface area contributed by atoms with Gasteiger partial charge in [-0.2, -0.15) is 0 Å². The van der Waals surface area contributed by atoms with Gasteiger partial charge in [-0.1, -0.05) is 71.5 Å². The third kappa shape index (κ3) is 8.40. The predicted molar refractivity (Wildman–Crippen MR) is 62.3 cm³/mol. The number of hydrogen-bond donors (Lipinski definition) is 0. The van der Waals surface area contributed by atoms with Gasteiger partial charge >= 0.3 is 0 Å². The molecule has 0 aliphatic rings. The average molecular weight is 180 g/mol. The van der Waals surface area contributed by atoms with Crippen LogP contribution in [0.3, 0.4) is 0 Å². The van der Waals surface area contributed by atoms with Crippen LogP contribution >= 0.6 is 0 Å². The van der Waals surface area contributed by atoms with E-state index in [0.717, 1.165) is 5.92 Å². The fraction of sp³-hybridized carbons (Fsp3) is 1.00. The van der Waals surface area contributed by atoms with Gasteiger partial charge < -0.3 is 0 Å². The fourth-order valence-electron chi connectivity index (χ4n) is 1.62. The highest BCUT2D eigenvalue weighted by atomic mass is 14.2. The first-order valence-electron chi connectivity index (χ1n) is 5.77. The molecule has 0 aromatic carbocycles. The van der Waals surface area contributed by atoms with E-state index in [1.165, 1.54) is 38.5 Å². The third-order valence-corrected chi connectivity index (χ3v) is 2.63. The maximum absolute atomic E-state index is 6.19. The van der Waals surface area contributed by atoms with Crippen molar-refractivity contribution in [2.24, 2.45) is 5.92 Å². The topological polar surface area (TPSA) is 0 Å². The van der Waals surface area contributed by atoms with E-state index in [1.54, 1.807) is 0 Å². The van der Waals surface area contributed by atoms with Crippen LogP contribution in [0.2, 0.25) is 5.31 Å². The smallest absolute Gasteiger partial charge is 0.0688 e. The Morgan fingerprint density at radius 1 is 1.15 bits per heavy atom. The van der Waals surface area contributed by atoms with E-state index in [9.17, 15) is 0 Å². The number of unbranched alkanes of at least 4 members (excludes halogenated alkanes) is 1. The Balaban J connectivity index is 3.50. The molecule has 0 amide bonds. The summed E-state index contributed by atoms with van der Waals surface area (Å²) in [5.74, 6) is 0.821. The minimum Gasteiger partial charge on any atom is -0.0688 e. The molecule has 0 fully saturated rings. The molecule has 0 aliphatic carbocycles. The summed E-state index contributed by atoms with van der Waals surface area (Å²) in [5.41, 5.74) is 0. The first-order valence-corrected chi connectivity index (χ1v) is 5.77. The minimum atomic E-state index is 0.0882. The third-order valence-electron chi connectivity index (χ3n) is 2.63. The van der Waals surface area contributed by atoms with Crippen LogP contribution in [0.15, 0.2) is 0 Å². The molecule has 0 aromatic heterocycles. The van der Waals surface area contributed by atoms with Gasteiger partial charge in [-0.25, -0.2) is 0 Å². The van der Waals surface area contributed by atoms with Crippen LogP contribution < -0.4 is 0 Å². The Bertz CT molecular complexity index is 116. The maximum atomic E-state index is 6.19. The first kappa shape index (κ1) is 13.1. The van der Waals surface area contributed by atoms with Crippen molar-refractivity contribution >= 4 is 7.85 Å². The van der Waals surface area contributed by atoms with Gasteiger partial charge in [-0.3, -0.25) is 0 Å². The Morgan fingerprint density at radius 3 is 2.15 bits per heavy atom. The van der Waals surface area contributed by atoms with Crippen molar-refractivity contribution in [3.63, 3.8) is 0 Å². The summed E-state index contributed by atoms with van der Waals surface area (Å²) in [6, 6.07) is 0. The van der Waals surface area contributed by atoms with Crippen LogP contribution in [0.5, 0.6) is 0 Å². The largest absolute Gasteiger partial charge is 0.0742 e. The highest BCUT2D eigenvalue weighted by Crippen LogP contribution is 2.34. The van der Waals surface area contributed by atoms with E-state index >= 15 is 0 Å². The van der Waals surface area contributed by atoms with Crippen LogP contribution in [0.4, 0.5) is 0 Å². The highest BCUT2D eigenvalue weighted by molar-refractivity contribution is 6.14. The van der Waals surface area contributed by atoms with Gasteiger partial charge in [0.2, 0.25) is 0 Å². The normalized spacial score (nSPS) is 16.1. The summed E-state index contributed by atoms with van der Waals surface area (Å²) < 4.78 is 0. The van der Waals surface area contributed by atoms with Crippen molar-refractivity contribution in [2.75, 3.05) is 0 Å². The Labute approximate surface area is 85.9 Å². The Morgan fingerprint density at radius 2 is 1.69 bits per heavy atom. The van der Waals surface area contributed by atoms with Crippen LogP contribution in [-0.2, 0) is 0 Å². The molecule has 2 radical (unpaired) electrons. The fourth-order valence-corrected chi connectivity index (χ4v) is 1.62. The lowest BCUT2D eigenvalue weighted by Gasteiger charge is -2.25. The molecule has 0 heterocycles. The molecular weight excluding hydrogens is 155 g/mol. The standard InChI is InChI=1S/C12H25B/c1-5-6-9-12(4,13)10-7-8-11(2)3/h11H,5-10H2,1-4H3. The SMILES string of the molecule is [B]C(C)(CCCC)CCCC(C)C. The lowest BCUT2D eigenvalue weighted by molar-refractivity contribution is 0.442. The van der Waals surface area contributed by atoms with Crippen LogP contribution in [-0.4, -0.2) is 7.85 Å². The molecule has 0 spiro atoms. The van der Waals surface area contributed by atoms with Crippen molar-refractivity contribution in [3.8, 4) is 0 Å². The van der Waals surface area contributed by atoms with Crippen molar-refractivity contribution in [2.45, 2.75) is 71.5 Å². The second-order valence-electron chi connectivity index (χ2n) is 5.04. The van der Waals surface area contributed by atoms with E-state index < -0.39 is 0 Å². The highest BCUT2D eigenvalue weighted by Gasteiger charge is 2.15. The van der Waals surface area contributed by atoms with Gasteiger partial charge in [-0.15, -0.1) is 0 Å². The summed E-state index contributed by atoms with van der Waals surface area (Å²) >= 11 is 0. The Kier molecular flexibility index (Phi) is 6.54. The molecule has 0 saturated carbocycles. The van der Waals surface area contributed by atoms with Crippen LogP contribution in [0.1, 0.15) is 66.2 Å². The van der Waals surface area contributed by atoms with Crippen molar-refractivity contribution < 1.29 is 0 Å². The summed E-state index contributed by atoms with van der Waals surface area (Å²) in [5, 5.41) is 0.0882. The van der Waals surface area contributed by atoms with Gasteiger partial charge in [0.1, 0.15) is 0 Å². The van der Waals surface area contributed by atoms with Gasteiger partial charge in [0.25, 0.3) is 0 Å². The zero-order valence-corrected chi connectivity index (χ0v) is 9.90. The lowest BCUT2D eigenvalue weighted by Crippen LogP contribution is -2.08. The summed E-state index contributed by atoms with van der Waals surface area (Å²) in [6.45, 7) is 8.98. The maximum Gasteiger partial charge on any atom is 0.0742 e. The molecule has 0 bridgehead atoms. The van der Waals surface area contributed by atoms with Gasteiger partial charge in [0.05, 0.1) is 7.85 Å². The van der Waals surface area contributed by atoms with Crippen molar-refractivity contribution in [1.29, 1.82) is 0 Å². The zero-order chi connectivity index (χ0) is 10.3. The molecule has 1 heteroatoms. The quantitative estimate of drug-likeness (QED) is 0.511. The second-order valence-corrected chi connectivity index (χ2v) is 5.04. The summed E-state index contributed by atoms with van der Waals surface area (Å²) in [7, 11) is 6.19. The molecule has 0 nitrogen and oxygen atoms in total. The summed E-state index contributed by atoms with van der Waals surface area (Å²) in [6.07, 6.45) is 7.51. The van der Waals surface area contributed by atoms with Crippen molar-refractivity contribution in [3.05, 3.63) is 0 Å². The van der Waals surface area contributed by atoms with Gasteiger partial charge in [0, 0.05) is 0 Å². The van der Waals surface area contributed by atoms with Crippen LogP contribution in [0.25, 0.3) is 0 Å². The van der Waals surface area contributed by atoms with Gasteiger partial charge in [-0.05, 0) is 5.92 Å². The first-order chi connectivity index (χ1) is 5.98. The van der Waals surface area contributed by atoms with Gasteiger partial charge in [0.15, 0.2) is 0 Å². The molecule has 0 saturated heterocycles. The van der Waals surface area contributed by atoms with E-state index in [0.29, 0.717) is 0 Å². The van der Waals surface area contributed by atoms with Crippen molar-refractivity contribution in [1.82, 2.24) is 0 Å². The van der Waals surface area contributed by atoms with Crippen LogP contribution in [0, 0.1) is 5.92 Å². The van der Waals surface area contributed by atoms with E-state index in [2.05, 4.69) is 27.7 Å². The zero-order valence-electron chi connectivity index (χ0n) is 9.90. The number of rotatable bonds is 7. The molecular formula is C12H25B. The lowest BCUT2D eigenvalue weighted by atomic mass is 9.64. The predicted octanol–water partition coefficient (Wildman–Crippen LogP) is 4.35. The molecule has 0 N–H and O–H groups in total. The monoisotopic (exact) mass is 180 g/mol. The Hall–Kier alpha value is 0.0649. The molecule has 0 aromatic rings. The second kappa shape index (κ2) is 6.51. The summed E-state index contributed by atoms with van der Waals surface area (Å²) in [4.78, 5) is 0. The molecule has 0 aliphatic heterocycles. The average Bonchev–Trinajstić information content (AvgIpc) is 2.00. The molecule has 76 valence electrons. The molecule has 1 atom stereocenters. The van der Waals surface area contributed by atoms with E-state index in [1.807, 2.05) is 0 Å². The number of hydrogen-bond acceptors (Lipinski definition) is 0. The minimum absolute atomic E-state index is 0.0882.